The van der Waals surface area contributed by atoms with Gasteiger partial charge in [-0.1, -0.05) is 12.1 Å². The predicted molar refractivity (Wildman–Crippen MR) is 88.4 cm³/mol. The van der Waals surface area contributed by atoms with Crippen LogP contribution in [0.4, 0.5) is 0 Å². The molecule has 2 fully saturated rings. The second-order valence-corrected chi connectivity index (χ2v) is 6.68. The normalized spacial score (nSPS) is 24.3. The molecule has 1 spiro atoms. The molecule has 1 aromatic heterocycles. The smallest absolute Gasteiger partial charge is 0.237 e. The fraction of sp³-hybridized carbons (Fsp3) is 0.444. The molecular formula is C18H22N4O. The lowest BCUT2D eigenvalue weighted by Gasteiger charge is -2.22. The van der Waals surface area contributed by atoms with E-state index in [-0.39, 0.29) is 0 Å². The van der Waals surface area contributed by atoms with Crippen molar-refractivity contribution in [2.45, 2.75) is 19.4 Å². The Bertz CT molecular complexity index is 638. The van der Waals surface area contributed by atoms with Crippen LogP contribution < -0.4 is 10.1 Å². The van der Waals surface area contributed by atoms with Crippen molar-refractivity contribution in [2.24, 2.45) is 5.41 Å². The highest BCUT2D eigenvalue weighted by molar-refractivity contribution is 5.30. The van der Waals surface area contributed by atoms with Crippen molar-refractivity contribution < 1.29 is 4.74 Å². The Hall–Kier alpha value is -1.98. The quantitative estimate of drug-likeness (QED) is 0.940. The number of ether oxygens (including phenoxy) is 1. The summed E-state index contributed by atoms with van der Waals surface area (Å²) in [5.41, 5.74) is 1.87. The second kappa shape index (κ2) is 6.26. The highest BCUT2D eigenvalue weighted by Crippen LogP contribution is 2.36. The number of nitrogens with zero attached hydrogens (tertiary/aromatic N) is 3. The van der Waals surface area contributed by atoms with Crippen LogP contribution in [0.2, 0.25) is 0 Å². The minimum absolute atomic E-state index is 0.524. The van der Waals surface area contributed by atoms with Gasteiger partial charge in [-0.2, -0.15) is 0 Å². The maximum absolute atomic E-state index is 5.68. The van der Waals surface area contributed by atoms with E-state index in [0.717, 1.165) is 12.3 Å². The van der Waals surface area contributed by atoms with Gasteiger partial charge in [0.05, 0.1) is 6.20 Å². The molecule has 2 saturated heterocycles. The van der Waals surface area contributed by atoms with Gasteiger partial charge in [0.15, 0.2) is 0 Å². The third-order valence-electron chi connectivity index (χ3n) is 4.94. The van der Waals surface area contributed by atoms with Gasteiger partial charge in [0.25, 0.3) is 0 Å². The molecule has 5 nitrogen and oxygen atoms in total. The Morgan fingerprint density at radius 1 is 1.17 bits per heavy atom. The van der Waals surface area contributed by atoms with Crippen molar-refractivity contribution in [1.82, 2.24) is 20.2 Å². The predicted octanol–water partition coefficient (Wildman–Crippen LogP) is 2.45. The molecule has 1 aromatic carbocycles. The van der Waals surface area contributed by atoms with Gasteiger partial charge < -0.3 is 10.1 Å². The van der Waals surface area contributed by atoms with Crippen LogP contribution in [0.15, 0.2) is 42.9 Å². The van der Waals surface area contributed by atoms with Crippen LogP contribution in [-0.4, -0.2) is 41.0 Å². The first kappa shape index (κ1) is 14.6. The first-order valence-corrected chi connectivity index (χ1v) is 8.27. The summed E-state index contributed by atoms with van der Waals surface area (Å²) in [5, 5.41) is 3.52. The zero-order valence-electron chi connectivity index (χ0n) is 13.2. The SMILES string of the molecule is c1cnc(Oc2ccc(CN3CCC4(CCNC4)C3)cc2)cn1. The molecule has 2 aromatic rings. The van der Waals surface area contributed by atoms with Gasteiger partial charge in [-0.15, -0.1) is 0 Å². The van der Waals surface area contributed by atoms with Crippen LogP contribution >= 0.6 is 0 Å². The molecular weight excluding hydrogens is 288 g/mol. The molecule has 0 radical (unpaired) electrons. The largest absolute Gasteiger partial charge is 0.438 e. The average Bonchev–Trinajstić information content (AvgIpc) is 3.21. The molecule has 0 amide bonds. The minimum Gasteiger partial charge on any atom is -0.438 e. The number of nitrogens with one attached hydrogen (secondary N) is 1. The minimum atomic E-state index is 0.524. The lowest BCUT2D eigenvalue weighted by molar-refractivity contribution is 0.268. The molecule has 1 N–H and O–H groups in total. The van der Waals surface area contributed by atoms with Crippen molar-refractivity contribution in [2.75, 3.05) is 26.2 Å². The first-order chi connectivity index (χ1) is 11.3. The van der Waals surface area contributed by atoms with Crippen molar-refractivity contribution in [1.29, 1.82) is 0 Å². The van der Waals surface area contributed by atoms with E-state index in [1.807, 2.05) is 12.1 Å². The molecule has 5 heteroatoms. The summed E-state index contributed by atoms with van der Waals surface area (Å²) < 4.78 is 5.68. The van der Waals surface area contributed by atoms with Crippen LogP contribution in [0.1, 0.15) is 18.4 Å². The summed E-state index contributed by atoms with van der Waals surface area (Å²) in [5.74, 6) is 1.32. The zero-order chi connectivity index (χ0) is 15.5. The molecule has 3 heterocycles. The molecule has 0 bridgehead atoms. The number of rotatable bonds is 4. The fourth-order valence-corrected chi connectivity index (χ4v) is 3.69. The molecule has 2 aliphatic heterocycles. The zero-order valence-corrected chi connectivity index (χ0v) is 13.2. The Morgan fingerprint density at radius 2 is 2.09 bits per heavy atom. The van der Waals surface area contributed by atoms with Gasteiger partial charge in [-0.3, -0.25) is 9.88 Å². The Morgan fingerprint density at radius 3 is 2.83 bits per heavy atom. The summed E-state index contributed by atoms with van der Waals surface area (Å²) in [6, 6.07) is 8.30. The maximum Gasteiger partial charge on any atom is 0.237 e. The van der Waals surface area contributed by atoms with Crippen LogP contribution in [0, 0.1) is 5.41 Å². The van der Waals surface area contributed by atoms with Crippen LogP contribution in [0.25, 0.3) is 0 Å². The van der Waals surface area contributed by atoms with Crippen molar-refractivity contribution in [3.05, 3.63) is 48.4 Å². The molecule has 0 aliphatic carbocycles. The average molecular weight is 310 g/mol. The summed E-state index contributed by atoms with van der Waals surface area (Å²) in [6.45, 7) is 5.82. The lowest BCUT2D eigenvalue weighted by atomic mass is 9.86. The van der Waals surface area contributed by atoms with E-state index in [1.54, 1.807) is 18.6 Å². The van der Waals surface area contributed by atoms with Gasteiger partial charge in [0.1, 0.15) is 5.75 Å². The molecule has 120 valence electrons. The number of aromatic nitrogens is 2. The first-order valence-electron chi connectivity index (χ1n) is 8.27. The lowest BCUT2D eigenvalue weighted by Crippen LogP contribution is -2.28. The molecule has 23 heavy (non-hydrogen) atoms. The second-order valence-electron chi connectivity index (χ2n) is 6.68. The van der Waals surface area contributed by atoms with E-state index in [4.69, 9.17) is 4.74 Å². The van der Waals surface area contributed by atoms with Crippen molar-refractivity contribution in [3.8, 4) is 11.6 Å². The van der Waals surface area contributed by atoms with Crippen LogP contribution in [-0.2, 0) is 6.54 Å². The Labute approximate surface area is 136 Å². The third-order valence-corrected chi connectivity index (χ3v) is 4.94. The van der Waals surface area contributed by atoms with E-state index < -0.39 is 0 Å². The number of benzene rings is 1. The molecule has 1 atom stereocenters. The Kier molecular flexibility index (Phi) is 3.97. The van der Waals surface area contributed by atoms with Crippen LogP contribution in [0.3, 0.4) is 0 Å². The van der Waals surface area contributed by atoms with E-state index in [0.29, 0.717) is 11.3 Å². The highest BCUT2D eigenvalue weighted by atomic mass is 16.5. The maximum atomic E-state index is 5.68. The summed E-state index contributed by atoms with van der Waals surface area (Å²) in [7, 11) is 0. The van der Waals surface area contributed by atoms with Crippen LogP contribution in [0.5, 0.6) is 11.6 Å². The highest BCUT2D eigenvalue weighted by Gasteiger charge is 2.39. The third kappa shape index (κ3) is 3.35. The van der Waals surface area contributed by atoms with Gasteiger partial charge >= 0.3 is 0 Å². The van der Waals surface area contributed by atoms with E-state index in [9.17, 15) is 0 Å². The van der Waals surface area contributed by atoms with E-state index in [1.165, 1.54) is 44.6 Å². The van der Waals surface area contributed by atoms with E-state index in [2.05, 4.69) is 32.3 Å². The molecule has 0 saturated carbocycles. The van der Waals surface area contributed by atoms with Gasteiger partial charge in [0.2, 0.25) is 5.88 Å². The molecule has 4 rings (SSSR count). The molecule has 1 unspecified atom stereocenters. The van der Waals surface area contributed by atoms with Crippen molar-refractivity contribution in [3.63, 3.8) is 0 Å². The summed E-state index contributed by atoms with van der Waals surface area (Å²) in [4.78, 5) is 10.7. The Balaban J connectivity index is 1.35. The topological polar surface area (TPSA) is 50.3 Å². The van der Waals surface area contributed by atoms with Gasteiger partial charge in [-0.05, 0) is 49.0 Å². The van der Waals surface area contributed by atoms with Crippen molar-refractivity contribution >= 4 is 0 Å². The number of hydrogen-bond donors (Lipinski definition) is 1. The summed E-state index contributed by atoms with van der Waals surface area (Å²) in [6.07, 6.45) is 7.54. The monoisotopic (exact) mass is 310 g/mol. The van der Waals surface area contributed by atoms with Gasteiger partial charge in [0, 0.05) is 32.0 Å². The number of hydrogen-bond acceptors (Lipinski definition) is 5. The van der Waals surface area contributed by atoms with E-state index >= 15 is 0 Å². The standard InChI is InChI=1S/C18H22N4O/c1-3-16(23-17-11-19-8-9-21-17)4-2-15(1)12-22-10-6-18(14-22)5-7-20-13-18/h1-4,8-9,11,20H,5-7,10,12-14H2. The number of likely N-dealkylation sites (tertiary alicyclic amines) is 1. The summed E-state index contributed by atoms with van der Waals surface area (Å²) >= 11 is 0. The molecule has 2 aliphatic rings. The van der Waals surface area contributed by atoms with Gasteiger partial charge in [-0.25, -0.2) is 4.98 Å². The fourth-order valence-electron chi connectivity index (χ4n) is 3.69.